The number of amides is 1. The number of hydrogen-bond acceptors (Lipinski definition) is 6. The summed E-state index contributed by atoms with van der Waals surface area (Å²) in [6, 6.07) is 6.98. The van der Waals surface area contributed by atoms with Crippen LogP contribution in [0.2, 0.25) is 5.02 Å². The van der Waals surface area contributed by atoms with Crippen LogP contribution in [-0.2, 0) is 0 Å². The van der Waals surface area contributed by atoms with Crippen molar-refractivity contribution in [3.05, 3.63) is 41.2 Å². The summed E-state index contributed by atoms with van der Waals surface area (Å²) < 4.78 is 10.6. The normalized spacial score (nSPS) is 14.7. The minimum atomic E-state index is -0.0413. The van der Waals surface area contributed by atoms with Gasteiger partial charge in [-0.2, -0.15) is 0 Å². The zero-order valence-corrected chi connectivity index (χ0v) is 16.4. The zero-order valence-electron chi connectivity index (χ0n) is 15.7. The van der Waals surface area contributed by atoms with Crippen LogP contribution in [0, 0.1) is 0 Å². The summed E-state index contributed by atoms with van der Waals surface area (Å²) in [4.78, 5) is 20.9. The Morgan fingerprint density at radius 2 is 1.81 bits per heavy atom. The summed E-state index contributed by atoms with van der Waals surface area (Å²) in [5.74, 6) is 1.08. The van der Waals surface area contributed by atoms with Gasteiger partial charge in [-0.25, -0.2) is 4.98 Å². The number of aromatic nitrogens is 1. The Bertz CT molecular complexity index is 805. The second kappa shape index (κ2) is 8.45. The Labute approximate surface area is 163 Å². The molecule has 8 heteroatoms. The van der Waals surface area contributed by atoms with E-state index in [-0.39, 0.29) is 5.91 Å². The molecule has 2 heterocycles. The summed E-state index contributed by atoms with van der Waals surface area (Å²) >= 11 is 6.13. The molecule has 144 valence electrons. The maximum absolute atomic E-state index is 12.6. The van der Waals surface area contributed by atoms with Gasteiger partial charge in [-0.05, 0) is 19.2 Å². The molecule has 1 N–H and O–H groups in total. The first-order valence-corrected chi connectivity index (χ1v) is 9.02. The van der Waals surface area contributed by atoms with Crippen LogP contribution in [-0.4, -0.2) is 68.1 Å². The number of piperazine rings is 1. The summed E-state index contributed by atoms with van der Waals surface area (Å²) in [5, 5.41) is 3.68. The van der Waals surface area contributed by atoms with Gasteiger partial charge in [-0.1, -0.05) is 11.6 Å². The lowest BCUT2D eigenvalue weighted by Crippen LogP contribution is -2.47. The van der Waals surface area contributed by atoms with Crippen molar-refractivity contribution in [1.29, 1.82) is 0 Å². The zero-order chi connectivity index (χ0) is 19.4. The highest BCUT2D eigenvalue weighted by Crippen LogP contribution is 2.37. The van der Waals surface area contributed by atoms with E-state index in [0.717, 1.165) is 31.9 Å². The molecule has 0 radical (unpaired) electrons. The molecule has 0 bridgehead atoms. The molecule has 1 fully saturated rings. The Balaban J connectivity index is 1.73. The molecule has 1 aliphatic rings. The quantitative estimate of drug-likeness (QED) is 0.846. The highest BCUT2D eigenvalue weighted by molar-refractivity contribution is 6.32. The smallest absolute Gasteiger partial charge is 0.272 e. The number of anilines is 2. The van der Waals surface area contributed by atoms with E-state index in [1.54, 1.807) is 38.6 Å². The van der Waals surface area contributed by atoms with E-state index < -0.39 is 0 Å². The summed E-state index contributed by atoms with van der Waals surface area (Å²) in [6.07, 6.45) is 1.63. The second-order valence-corrected chi connectivity index (χ2v) is 6.75. The summed E-state index contributed by atoms with van der Waals surface area (Å²) in [5.41, 5.74) is 1.86. The van der Waals surface area contributed by atoms with Gasteiger partial charge in [-0.3, -0.25) is 4.79 Å². The first-order valence-electron chi connectivity index (χ1n) is 8.64. The Hall–Kier alpha value is -2.51. The van der Waals surface area contributed by atoms with Gasteiger partial charge < -0.3 is 24.6 Å². The van der Waals surface area contributed by atoms with Gasteiger partial charge in [-0.15, -0.1) is 0 Å². The van der Waals surface area contributed by atoms with Crippen LogP contribution >= 0.6 is 11.6 Å². The number of carbonyl (C=O) groups excluding carboxylic acids is 1. The van der Waals surface area contributed by atoms with Crippen molar-refractivity contribution in [2.24, 2.45) is 0 Å². The van der Waals surface area contributed by atoms with Crippen molar-refractivity contribution in [3.8, 4) is 11.5 Å². The molecule has 0 aliphatic carbocycles. The molecule has 1 aromatic carbocycles. The minimum absolute atomic E-state index is 0.0413. The molecule has 1 aliphatic heterocycles. The van der Waals surface area contributed by atoms with Gasteiger partial charge in [0.15, 0.2) is 0 Å². The van der Waals surface area contributed by atoms with Crippen molar-refractivity contribution in [2.45, 2.75) is 0 Å². The number of carbonyl (C=O) groups is 1. The fourth-order valence-electron chi connectivity index (χ4n) is 2.88. The third-order valence-corrected chi connectivity index (χ3v) is 4.82. The summed E-state index contributed by atoms with van der Waals surface area (Å²) in [7, 11) is 5.18. The van der Waals surface area contributed by atoms with Gasteiger partial charge in [0.2, 0.25) is 0 Å². The van der Waals surface area contributed by atoms with Crippen LogP contribution in [0.5, 0.6) is 11.5 Å². The molecule has 27 heavy (non-hydrogen) atoms. The molecular weight excluding hydrogens is 368 g/mol. The van der Waals surface area contributed by atoms with Gasteiger partial charge >= 0.3 is 0 Å². The molecule has 1 aromatic heterocycles. The van der Waals surface area contributed by atoms with E-state index in [0.29, 0.717) is 27.9 Å². The Morgan fingerprint density at radius 1 is 1.11 bits per heavy atom. The maximum Gasteiger partial charge on any atom is 0.272 e. The number of halogens is 1. The van der Waals surface area contributed by atoms with Crippen molar-refractivity contribution in [3.63, 3.8) is 0 Å². The Morgan fingerprint density at radius 3 is 2.41 bits per heavy atom. The number of likely N-dealkylation sites (N-methyl/N-ethyl adjacent to an activating group) is 1. The third kappa shape index (κ3) is 4.43. The topological polar surface area (TPSA) is 66.9 Å². The number of nitrogens with zero attached hydrogens (tertiary/aromatic N) is 3. The van der Waals surface area contributed by atoms with E-state index in [1.807, 2.05) is 11.0 Å². The molecule has 0 atom stereocenters. The molecule has 1 amide bonds. The largest absolute Gasteiger partial charge is 0.495 e. The maximum atomic E-state index is 12.6. The van der Waals surface area contributed by atoms with E-state index in [4.69, 9.17) is 21.1 Å². The number of methoxy groups -OCH3 is 2. The molecule has 2 aromatic rings. The third-order valence-electron chi connectivity index (χ3n) is 4.53. The number of pyridine rings is 1. The summed E-state index contributed by atoms with van der Waals surface area (Å²) in [6.45, 7) is 3.20. The van der Waals surface area contributed by atoms with Crippen LogP contribution < -0.4 is 14.8 Å². The first-order chi connectivity index (χ1) is 13.0. The predicted molar refractivity (Wildman–Crippen MR) is 105 cm³/mol. The lowest BCUT2D eigenvalue weighted by Gasteiger charge is -2.32. The molecule has 0 unspecified atom stereocenters. The van der Waals surface area contributed by atoms with E-state index in [2.05, 4.69) is 22.2 Å². The van der Waals surface area contributed by atoms with Crippen LogP contribution in [0.3, 0.4) is 0 Å². The molecule has 1 saturated heterocycles. The van der Waals surface area contributed by atoms with E-state index in [1.165, 1.54) is 0 Å². The van der Waals surface area contributed by atoms with Crippen molar-refractivity contribution in [1.82, 2.24) is 14.8 Å². The molecule has 3 rings (SSSR count). The SMILES string of the molecule is COc1cc(Nc2ccc(C(=O)N3CCN(C)CC3)nc2)c(OC)cc1Cl. The van der Waals surface area contributed by atoms with Gasteiger partial charge in [0, 0.05) is 38.3 Å². The van der Waals surface area contributed by atoms with E-state index in [9.17, 15) is 4.79 Å². The van der Waals surface area contributed by atoms with Crippen LogP contribution in [0.1, 0.15) is 10.5 Å². The van der Waals surface area contributed by atoms with Crippen molar-refractivity contribution < 1.29 is 14.3 Å². The van der Waals surface area contributed by atoms with Gasteiger partial charge in [0.25, 0.3) is 5.91 Å². The monoisotopic (exact) mass is 390 g/mol. The lowest BCUT2D eigenvalue weighted by atomic mass is 10.2. The number of ether oxygens (including phenoxy) is 2. The minimum Gasteiger partial charge on any atom is -0.495 e. The average molecular weight is 391 g/mol. The molecular formula is C19H23ClN4O3. The van der Waals surface area contributed by atoms with Crippen LogP contribution in [0.15, 0.2) is 30.5 Å². The van der Waals surface area contributed by atoms with Crippen molar-refractivity contribution >= 4 is 28.9 Å². The first kappa shape index (κ1) is 19.3. The fourth-order valence-corrected chi connectivity index (χ4v) is 3.11. The standard InChI is InChI=1S/C19H23ClN4O3/c1-23-6-8-24(9-7-23)19(25)15-5-4-13(12-21-15)22-16-11-17(26-2)14(20)10-18(16)27-3/h4-5,10-12,22H,6-9H2,1-3H3. The van der Waals surface area contributed by atoms with E-state index >= 15 is 0 Å². The average Bonchev–Trinajstić information content (AvgIpc) is 2.69. The number of nitrogens with one attached hydrogen (secondary N) is 1. The predicted octanol–water partition coefficient (Wildman–Crippen LogP) is 2.88. The van der Waals surface area contributed by atoms with Crippen LogP contribution in [0.4, 0.5) is 11.4 Å². The Kier molecular flexibility index (Phi) is 6.03. The van der Waals surface area contributed by atoms with Gasteiger partial charge in [0.05, 0.1) is 36.8 Å². The van der Waals surface area contributed by atoms with Crippen molar-refractivity contribution in [2.75, 3.05) is 52.8 Å². The van der Waals surface area contributed by atoms with Crippen LogP contribution in [0.25, 0.3) is 0 Å². The molecule has 0 spiro atoms. The highest BCUT2D eigenvalue weighted by Gasteiger charge is 2.21. The highest BCUT2D eigenvalue weighted by atomic mass is 35.5. The van der Waals surface area contributed by atoms with Gasteiger partial charge in [0.1, 0.15) is 17.2 Å². The fraction of sp³-hybridized carbons (Fsp3) is 0.368. The number of rotatable bonds is 5. The second-order valence-electron chi connectivity index (χ2n) is 6.34. The molecule has 7 nitrogen and oxygen atoms in total. The number of hydrogen-bond donors (Lipinski definition) is 1. The molecule has 0 saturated carbocycles. The lowest BCUT2D eigenvalue weighted by molar-refractivity contribution is 0.0658. The number of benzene rings is 1.